The van der Waals surface area contributed by atoms with Gasteiger partial charge < -0.3 is 4.74 Å². The molecule has 78 valence electrons. The monoisotopic (exact) mass is 264 g/mol. The van der Waals surface area contributed by atoms with Crippen molar-refractivity contribution in [1.29, 1.82) is 0 Å². The van der Waals surface area contributed by atoms with Crippen LogP contribution in [0.1, 0.15) is 5.56 Å². The number of hydrogen-bond donors (Lipinski definition) is 0. The highest BCUT2D eigenvalue weighted by molar-refractivity contribution is 9.09. The Kier molecular flexibility index (Phi) is 3.27. The lowest BCUT2D eigenvalue weighted by molar-refractivity contribution is 0.415. The number of halogens is 1. The highest BCUT2D eigenvalue weighted by atomic mass is 79.9. The number of hydrogen-bond acceptors (Lipinski definition) is 1. The van der Waals surface area contributed by atoms with E-state index in [2.05, 4.69) is 52.3 Å². The summed E-state index contributed by atoms with van der Waals surface area (Å²) in [6.45, 7) is 0. The average molecular weight is 265 g/mol. The standard InChI is InChI=1S/C13H13BrO/c1-15-12-8-10-4-2-3-5-13(10)11(9-12)6-7-14/h2-5,8-9H,6-7H2,1H3. The third kappa shape index (κ3) is 2.15. The van der Waals surface area contributed by atoms with Crippen LogP contribution in [0.2, 0.25) is 0 Å². The second-order valence-electron chi connectivity index (χ2n) is 3.45. The van der Waals surface area contributed by atoms with Crippen molar-refractivity contribution in [3.8, 4) is 5.75 Å². The molecule has 1 nitrogen and oxygen atoms in total. The molecule has 0 saturated carbocycles. The normalized spacial score (nSPS) is 10.5. The highest BCUT2D eigenvalue weighted by Gasteiger charge is 2.03. The lowest BCUT2D eigenvalue weighted by Gasteiger charge is -2.08. The maximum atomic E-state index is 5.29. The Morgan fingerprint density at radius 3 is 2.73 bits per heavy atom. The Balaban J connectivity index is 2.63. The molecular formula is C13H13BrO. The second-order valence-corrected chi connectivity index (χ2v) is 4.24. The molecule has 0 radical (unpaired) electrons. The Bertz CT molecular complexity index is 465. The first-order chi connectivity index (χ1) is 7.35. The molecule has 2 heteroatoms. The van der Waals surface area contributed by atoms with E-state index in [0.29, 0.717) is 0 Å². The SMILES string of the molecule is COc1cc(CCBr)c2ccccc2c1. The van der Waals surface area contributed by atoms with E-state index in [-0.39, 0.29) is 0 Å². The van der Waals surface area contributed by atoms with Crippen LogP contribution in [0.25, 0.3) is 10.8 Å². The Labute approximate surface area is 98.2 Å². The number of rotatable bonds is 3. The van der Waals surface area contributed by atoms with Gasteiger partial charge in [-0.1, -0.05) is 40.2 Å². The number of methoxy groups -OCH3 is 1. The summed E-state index contributed by atoms with van der Waals surface area (Å²) in [5, 5.41) is 3.54. The minimum absolute atomic E-state index is 0.935. The van der Waals surface area contributed by atoms with E-state index in [1.165, 1.54) is 16.3 Å². The van der Waals surface area contributed by atoms with Crippen LogP contribution < -0.4 is 4.74 Å². The van der Waals surface area contributed by atoms with Gasteiger partial charge >= 0.3 is 0 Å². The van der Waals surface area contributed by atoms with Gasteiger partial charge in [0, 0.05) is 5.33 Å². The zero-order chi connectivity index (χ0) is 10.7. The van der Waals surface area contributed by atoms with Crippen molar-refractivity contribution in [3.05, 3.63) is 42.0 Å². The first-order valence-corrected chi connectivity index (χ1v) is 6.09. The van der Waals surface area contributed by atoms with Crippen LogP contribution in [0.15, 0.2) is 36.4 Å². The fourth-order valence-corrected chi connectivity index (χ4v) is 2.21. The fourth-order valence-electron chi connectivity index (χ4n) is 1.79. The lowest BCUT2D eigenvalue weighted by Crippen LogP contribution is -1.91. The third-order valence-electron chi connectivity index (χ3n) is 2.52. The largest absolute Gasteiger partial charge is 0.497 e. The number of fused-ring (bicyclic) bond motifs is 1. The molecule has 0 N–H and O–H groups in total. The first kappa shape index (κ1) is 10.5. The smallest absolute Gasteiger partial charge is 0.119 e. The Morgan fingerprint density at radius 2 is 2.00 bits per heavy atom. The molecule has 0 spiro atoms. The number of ether oxygens (including phenoxy) is 1. The van der Waals surface area contributed by atoms with E-state index in [9.17, 15) is 0 Å². The van der Waals surface area contributed by atoms with Crippen molar-refractivity contribution in [2.75, 3.05) is 12.4 Å². The van der Waals surface area contributed by atoms with E-state index in [4.69, 9.17) is 4.74 Å². The molecular weight excluding hydrogens is 252 g/mol. The summed E-state index contributed by atoms with van der Waals surface area (Å²) in [7, 11) is 1.71. The molecule has 0 fully saturated rings. The molecule has 15 heavy (non-hydrogen) atoms. The molecule has 0 aliphatic rings. The van der Waals surface area contributed by atoms with Gasteiger partial charge in [-0.15, -0.1) is 0 Å². The zero-order valence-corrected chi connectivity index (χ0v) is 10.3. The highest BCUT2D eigenvalue weighted by Crippen LogP contribution is 2.25. The number of benzene rings is 2. The van der Waals surface area contributed by atoms with Gasteiger partial charge in [0.2, 0.25) is 0 Å². The van der Waals surface area contributed by atoms with E-state index in [0.717, 1.165) is 17.5 Å². The maximum absolute atomic E-state index is 5.29. The Morgan fingerprint density at radius 1 is 1.20 bits per heavy atom. The van der Waals surface area contributed by atoms with Crippen LogP contribution in [0.5, 0.6) is 5.75 Å². The molecule has 0 atom stereocenters. The van der Waals surface area contributed by atoms with Crippen LogP contribution >= 0.6 is 15.9 Å². The zero-order valence-electron chi connectivity index (χ0n) is 8.66. The van der Waals surface area contributed by atoms with E-state index in [1.807, 2.05) is 0 Å². The van der Waals surface area contributed by atoms with Crippen molar-refractivity contribution in [3.63, 3.8) is 0 Å². The van der Waals surface area contributed by atoms with Gasteiger partial charge in [0.05, 0.1) is 7.11 Å². The topological polar surface area (TPSA) is 9.23 Å². The van der Waals surface area contributed by atoms with E-state index < -0.39 is 0 Å². The van der Waals surface area contributed by atoms with Crippen LogP contribution in [-0.2, 0) is 6.42 Å². The van der Waals surface area contributed by atoms with Gasteiger partial charge in [-0.3, -0.25) is 0 Å². The molecule has 2 aromatic rings. The van der Waals surface area contributed by atoms with Gasteiger partial charge in [-0.2, -0.15) is 0 Å². The van der Waals surface area contributed by atoms with Crippen molar-refractivity contribution < 1.29 is 4.74 Å². The summed E-state index contributed by atoms with van der Waals surface area (Å²) in [6, 6.07) is 12.6. The summed E-state index contributed by atoms with van der Waals surface area (Å²) in [4.78, 5) is 0. The average Bonchev–Trinajstić information content (AvgIpc) is 2.29. The molecule has 0 bridgehead atoms. The van der Waals surface area contributed by atoms with Gasteiger partial charge in [0.25, 0.3) is 0 Å². The molecule has 0 unspecified atom stereocenters. The van der Waals surface area contributed by atoms with Crippen LogP contribution in [-0.4, -0.2) is 12.4 Å². The van der Waals surface area contributed by atoms with Crippen LogP contribution in [0.3, 0.4) is 0 Å². The second kappa shape index (κ2) is 4.67. The van der Waals surface area contributed by atoms with Crippen LogP contribution in [0, 0.1) is 0 Å². The number of aryl methyl sites for hydroxylation is 1. The predicted molar refractivity (Wildman–Crippen MR) is 68.0 cm³/mol. The van der Waals surface area contributed by atoms with Gasteiger partial charge in [-0.05, 0) is 34.9 Å². The Hall–Kier alpha value is -1.02. The predicted octanol–water partition coefficient (Wildman–Crippen LogP) is 3.79. The summed E-state index contributed by atoms with van der Waals surface area (Å²) in [5.41, 5.74) is 1.34. The minimum Gasteiger partial charge on any atom is -0.497 e. The summed E-state index contributed by atoms with van der Waals surface area (Å²) >= 11 is 3.48. The van der Waals surface area contributed by atoms with Crippen LogP contribution in [0.4, 0.5) is 0 Å². The van der Waals surface area contributed by atoms with Gasteiger partial charge in [0.15, 0.2) is 0 Å². The molecule has 0 aliphatic heterocycles. The molecule has 2 rings (SSSR count). The van der Waals surface area contributed by atoms with Crippen molar-refractivity contribution in [1.82, 2.24) is 0 Å². The van der Waals surface area contributed by atoms with Gasteiger partial charge in [-0.25, -0.2) is 0 Å². The molecule has 0 amide bonds. The van der Waals surface area contributed by atoms with Crippen molar-refractivity contribution >= 4 is 26.7 Å². The van der Waals surface area contributed by atoms with Crippen molar-refractivity contribution in [2.45, 2.75) is 6.42 Å². The number of alkyl halides is 1. The van der Waals surface area contributed by atoms with E-state index in [1.54, 1.807) is 7.11 Å². The molecule has 0 saturated heterocycles. The van der Waals surface area contributed by atoms with Gasteiger partial charge in [0.1, 0.15) is 5.75 Å². The van der Waals surface area contributed by atoms with E-state index >= 15 is 0 Å². The maximum Gasteiger partial charge on any atom is 0.119 e. The first-order valence-electron chi connectivity index (χ1n) is 4.97. The molecule has 2 aromatic carbocycles. The lowest BCUT2D eigenvalue weighted by atomic mass is 10.0. The molecule has 0 aliphatic carbocycles. The fraction of sp³-hybridized carbons (Fsp3) is 0.231. The third-order valence-corrected chi connectivity index (χ3v) is 2.92. The molecule has 0 heterocycles. The summed E-state index contributed by atoms with van der Waals surface area (Å²) in [6.07, 6.45) is 1.03. The molecule has 0 aromatic heterocycles. The van der Waals surface area contributed by atoms with Crippen molar-refractivity contribution in [2.24, 2.45) is 0 Å². The quantitative estimate of drug-likeness (QED) is 0.767. The summed E-state index contributed by atoms with van der Waals surface area (Å²) in [5.74, 6) is 0.935. The minimum atomic E-state index is 0.935. The summed E-state index contributed by atoms with van der Waals surface area (Å²) < 4.78 is 5.29.